The van der Waals surface area contributed by atoms with Gasteiger partial charge >= 0.3 is 0 Å². The van der Waals surface area contributed by atoms with E-state index in [9.17, 15) is 0 Å². The van der Waals surface area contributed by atoms with Crippen LogP contribution in [-0.2, 0) is 0 Å². The molecule has 0 fully saturated rings. The van der Waals surface area contributed by atoms with Gasteiger partial charge in [0.2, 0.25) is 0 Å². The third-order valence-electron chi connectivity index (χ3n) is 1.61. The van der Waals surface area contributed by atoms with Gasteiger partial charge in [0.25, 0.3) is 0 Å². The number of nitrogen functional groups attached to an aromatic ring is 1. The molecule has 0 heterocycles. The molecule has 3 heteroatoms. The van der Waals surface area contributed by atoms with Crippen molar-refractivity contribution in [3.8, 4) is 0 Å². The van der Waals surface area contributed by atoms with Crippen molar-refractivity contribution in [3.63, 3.8) is 0 Å². The second-order valence-electron chi connectivity index (χ2n) is 2.44. The lowest BCUT2D eigenvalue weighted by Crippen LogP contribution is -1.94. The van der Waals surface area contributed by atoms with Crippen molar-refractivity contribution in [1.82, 2.24) is 0 Å². The largest absolute Gasteiger partial charge is 0.398 e. The fourth-order valence-electron chi connectivity index (χ4n) is 0.973. The summed E-state index contributed by atoms with van der Waals surface area (Å²) in [5.74, 6) is 0. The zero-order valence-corrected chi connectivity index (χ0v) is 7.37. The van der Waals surface area contributed by atoms with Gasteiger partial charge in [-0.2, -0.15) is 0 Å². The summed E-state index contributed by atoms with van der Waals surface area (Å²) in [7, 11) is 1.86. The lowest BCUT2D eigenvalue weighted by molar-refractivity contribution is 1.41. The first kappa shape index (κ1) is 8.21. The van der Waals surface area contributed by atoms with Gasteiger partial charge in [0.15, 0.2) is 0 Å². The molecule has 0 aliphatic rings. The van der Waals surface area contributed by atoms with Crippen LogP contribution < -0.4 is 11.1 Å². The second-order valence-corrected chi connectivity index (χ2v) is 2.85. The van der Waals surface area contributed by atoms with E-state index in [1.54, 1.807) is 0 Å². The molecule has 1 aromatic rings. The first-order chi connectivity index (χ1) is 5.15. The van der Waals surface area contributed by atoms with E-state index in [2.05, 4.69) is 5.32 Å². The summed E-state index contributed by atoms with van der Waals surface area (Å²) in [6, 6.07) is 3.68. The zero-order valence-electron chi connectivity index (χ0n) is 6.61. The average Bonchev–Trinajstić information content (AvgIpc) is 1.97. The summed E-state index contributed by atoms with van der Waals surface area (Å²) in [6.45, 7) is 1.98. The van der Waals surface area contributed by atoms with Crippen molar-refractivity contribution in [1.29, 1.82) is 0 Å². The molecule has 1 rings (SSSR count). The highest BCUT2D eigenvalue weighted by molar-refractivity contribution is 6.33. The Morgan fingerprint density at radius 2 is 2.09 bits per heavy atom. The molecule has 0 atom stereocenters. The Morgan fingerprint density at radius 1 is 1.45 bits per heavy atom. The van der Waals surface area contributed by atoms with Gasteiger partial charge in [0.1, 0.15) is 0 Å². The van der Waals surface area contributed by atoms with Crippen LogP contribution in [0.25, 0.3) is 0 Å². The van der Waals surface area contributed by atoms with Crippen molar-refractivity contribution in [3.05, 3.63) is 22.7 Å². The first-order valence-corrected chi connectivity index (χ1v) is 3.76. The van der Waals surface area contributed by atoms with E-state index in [1.807, 2.05) is 26.1 Å². The molecule has 1 aromatic carbocycles. The second kappa shape index (κ2) is 3.01. The summed E-state index contributed by atoms with van der Waals surface area (Å²) >= 11 is 5.80. The summed E-state index contributed by atoms with van der Waals surface area (Å²) in [4.78, 5) is 0. The maximum Gasteiger partial charge on any atom is 0.0656 e. The van der Waals surface area contributed by atoms with E-state index in [1.165, 1.54) is 0 Å². The smallest absolute Gasteiger partial charge is 0.0656 e. The van der Waals surface area contributed by atoms with Crippen molar-refractivity contribution in [2.75, 3.05) is 18.1 Å². The van der Waals surface area contributed by atoms with Gasteiger partial charge in [0, 0.05) is 12.7 Å². The molecule has 2 nitrogen and oxygen atoms in total. The third-order valence-corrected chi connectivity index (χ3v) is 1.94. The van der Waals surface area contributed by atoms with Crippen LogP contribution in [0, 0.1) is 6.92 Å². The predicted octanol–water partition coefficient (Wildman–Crippen LogP) is 2.27. The van der Waals surface area contributed by atoms with Gasteiger partial charge in [-0.15, -0.1) is 0 Å². The molecule has 0 aliphatic heterocycles. The van der Waals surface area contributed by atoms with Gasteiger partial charge < -0.3 is 11.1 Å². The van der Waals surface area contributed by atoms with Gasteiger partial charge in [0.05, 0.1) is 10.7 Å². The molecule has 3 N–H and O–H groups in total. The van der Waals surface area contributed by atoms with E-state index < -0.39 is 0 Å². The van der Waals surface area contributed by atoms with Crippen LogP contribution in [0.3, 0.4) is 0 Å². The van der Waals surface area contributed by atoms with Crippen LogP contribution in [0.2, 0.25) is 5.02 Å². The van der Waals surface area contributed by atoms with Crippen LogP contribution in [0.4, 0.5) is 11.4 Å². The van der Waals surface area contributed by atoms with Crippen LogP contribution in [0.1, 0.15) is 5.56 Å². The van der Waals surface area contributed by atoms with Gasteiger partial charge in [-0.1, -0.05) is 11.6 Å². The number of nitrogens with one attached hydrogen (secondary N) is 1. The summed E-state index contributed by atoms with van der Waals surface area (Å²) in [6.07, 6.45) is 0. The molecule has 0 spiro atoms. The van der Waals surface area contributed by atoms with Crippen LogP contribution in [0.5, 0.6) is 0 Å². The van der Waals surface area contributed by atoms with E-state index in [0.717, 1.165) is 11.3 Å². The Bertz CT molecular complexity index is 271. The van der Waals surface area contributed by atoms with E-state index in [0.29, 0.717) is 10.7 Å². The lowest BCUT2D eigenvalue weighted by Gasteiger charge is -2.06. The number of anilines is 2. The van der Waals surface area contributed by atoms with E-state index >= 15 is 0 Å². The summed E-state index contributed by atoms with van der Waals surface area (Å²) in [5, 5.41) is 3.62. The lowest BCUT2D eigenvalue weighted by atomic mass is 10.2. The first-order valence-electron chi connectivity index (χ1n) is 3.38. The zero-order chi connectivity index (χ0) is 8.43. The number of halogens is 1. The summed E-state index contributed by atoms with van der Waals surface area (Å²) in [5.41, 5.74) is 8.34. The van der Waals surface area contributed by atoms with Crippen molar-refractivity contribution in [2.24, 2.45) is 0 Å². The SMILES string of the molecule is CNc1cc(Cl)c(N)cc1C. The molecular formula is C8H11ClN2. The molecule has 60 valence electrons. The van der Waals surface area contributed by atoms with Gasteiger partial charge in [-0.3, -0.25) is 0 Å². The minimum Gasteiger partial charge on any atom is -0.398 e. The minimum absolute atomic E-state index is 0.597. The predicted molar refractivity (Wildman–Crippen MR) is 50.1 cm³/mol. The molecule has 0 amide bonds. The molecule has 0 saturated heterocycles. The van der Waals surface area contributed by atoms with Crippen molar-refractivity contribution >= 4 is 23.0 Å². The Kier molecular flexibility index (Phi) is 2.25. The van der Waals surface area contributed by atoms with Gasteiger partial charge in [-0.05, 0) is 24.6 Å². The van der Waals surface area contributed by atoms with Crippen LogP contribution in [0.15, 0.2) is 12.1 Å². The number of aryl methyl sites for hydroxylation is 1. The number of hydrogen-bond donors (Lipinski definition) is 2. The fraction of sp³-hybridized carbons (Fsp3) is 0.250. The van der Waals surface area contributed by atoms with Crippen molar-refractivity contribution in [2.45, 2.75) is 6.92 Å². The normalized spacial score (nSPS) is 9.73. The molecule has 0 bridgehead atoms. The number of hydrogen-bond acceptors (Lipinski definition) is 2. The molecule has 0 aliphatic carbocycles. The van der Waals surface area contributed by atoms with Crippen molar-refractivity contribution < 1.29 is 0 Å². The Hall–Kier alpha value is -0.890. The number of benzene rings is 1. The average molecular weight is 171 g/mol. The standard InChI is InChI=1S/C8H11ClN2/c1-5-3-7(10)6(9)4-8(5)11-2/h3-4,11H,10H2,1-2H3. The Balaban J connectivity index is 3.21. The highest BCUT2D eigenvalue weighted by Crippen LogP contribution is 2.25. The summed E-state index contributed by atoms with van der Waals surface area (Å²) < 4.78 is 0. The quantitative estimate of drug-likeness (QED) is 0.635. The Morgan fingerprint density at radius 3 is 2.64 bits per heavy atom. The highest BCUT2D eigenvalue weighted by atomic mass is 35.5. The topological polar surface area (TPSA) is 38.0 Å². The molecule has 0 saturated carbocycles. The molecule has 0 radical (unpaired) electrons. The molecule has 11 heavy (non-hydrogen) atoms. The van der Waals surface area contributed by atoms with Crippen LogP contribution >= 0.6 is 11.6 Å². The van der Waals surface area contributed by atoms with E-state index in [-0.39, 0.29) is 0 Å². The third kappa shape index (κ3) is 1.57. The van der Waals surface area contributed by atoms with E-state index in [4.69, 9.17) is 17.3 Å². The monoisotopic (exact) mass is 170 g/mol. The Labute approximate surface area is 71.4 Å². The highest BCUT2D eigenvalue weighted by Gasteiger charge is 2.00. The number of rotatable bonds is 1. The minimum atomic E-state index is 0.597. The molecular weight excluding hydrogens is 160 g/mol. The maximum absolute atomic E-state index is 5.80. The number of nitrogens with two attached hydrogens (primary N) is 1. The van der Waals surface area contributed by atoms with Crippen LogP contribution in [-0.4, -0.2) is 7.05 Å². The molecule has 0 unspecified atom stereocenters. The van der Waals surface area contributed by atoms with Gasteiger partial charge in [-0.25, -0.2) is 0 Å². The fourth-order valence-corrected chi connectivity index (χ4v) is 1.14. The molecule has 0 aromatic heterocycles. The maximum atomic E-state index is 5.80.